The lowest BCUT2D eigenvalue weighted by atomic mass is 10.2. The molecule has 0 spiro atoms. The molecule has 0 bridgehead atoms. The molecular weight excluding hydrogens is 228 g/mol. The molecule has 0 N–H and O–H groups in total. The van der Waals surface area contributed by atoms with Gasteiger partial charge in [-0.2, -0.15) is 0 Å². The van der Waals surface area contributed by atoms with Crippen molar-refractivity contribution in [3.8, 4) is 0 Å². The fourth-order valence-electron chi connectivity index (χ4n) is 1.14. The first kappa shape index (κ1) is 9.55. The number of hydrogen-bond donors (Lipinski definition) is 0. The minimum atomic E-state index is -0.670. The van der Waals surface area contributed by atoms with Crippen LogP contribution in [0.4, 0.5) is 4.39 Å². The summed E-state index contributed by atoms with van der Waals surface area (Å²) in [6, 6.07) is 0. The van der Waals surface area contributed by atoms with Gasteiger partial charge in [-0.05, 0) is 18.5 Å². The number of fused-ring (bicyclic) bond motifs is 1. The van der Waals surface area contributed by atoms with Crippen LogP contribution >= 0.6 is 23.2 Å². The Kier molecular flexibility index (Phi) is 2.25. The highest BCUT2D eigenvalue weighted by Gasteiger charge is 2.11. The van der Waals surface area contributed by atoms with E-state index in [9.17, 15) is 4.39 Å². The van der Waals surface area contributed by atoms with Gasteiger partial charge < -0.3 is 0 Å². The molecule has 0 fully saturated rings. The Morgan fingerprint density at radius 1 is 1.29 bits per heavy atom. The van der Waals surface area contributed by atoms with Gasteiger partial charge in [-0.1, -0.05) is 11.6 Å². The van der Waals surface area contributed by atoms with Crippen molar-refractivity contribution in [3.63, 3.8) is 0 Å². The van der Waals surface area contributed by atoms with Crippen molar-refractivity contribution in [1.82, 2.24) is 15.0 Å². The highest BCUT2D eigenvalue weighted by molar-refractivity contribution is 6.30. The number of aromatic nitrogens is 3. The molecule has 0 aliphatic rings. The van der Waals surface area contributed by atoms with E-state index in [1.54, 1.807) is 6.92 Å². The van der Waals surface area contributed by atoms with Crippen molar-refractivity contribution in [2.24, 2.45) is 0 Å². The molecule has 2 aromatic heterocycles. The largest absolute Gasteiger partial charge is 0.241 e. The fraction of sp³-hybridized carbons (Fsp3) is 0.125. The van der Waals surface area contributed by atoms with Crippen LogP contribution in [-0.4, -0.2) is 15.0 Å². The van der Waals surface area contributed by atoms with Gasteiger partial charge in [0.15, 0.2) is 11.0 Å². The number of pyridine rings is 1. The quantitative estimate of drug-likeness (QED) is 0.517. The third-order valence-electron chi connectivity index (χ3n) is 1.80. The fourth-order valence-corrected chi connectivity index (χ4v) is 1.49. The summed E-state index contributed by atoms with van der Waals surface area (Å²) in [6.07, 6.45) is 1.42. The molecule has 0 unspecified atom stereocenters. The van der Waals surface area contributed by atoms with Gasteiger partial charge >= 0.3 is 0 Å². The van der Waals surface area contributed by atoms with Gasteiger partial charge in [0.1, 0.15) is 5.52 Å². The first-order valence-electron chi connectivity index (χ1n) is 3.73. The van der Waals surface area contributed by atoms with Crippen molar-refractivity contribution >= 4 is 34.1 Å². The van der Waals surface area contributed by atoms with E-state index in [4.69, 9.17) is 23.2 Å². The number of rotatable bonds is 0. The van der Waals surface area contributed by atoms with Crippen LogP contribution in [0.5, 0.6) is 0 Å². The highest BCUT2D eigenvalue weighted by Crippen LogP contribution is 2.23. The number of halogens is 3. The molecular formula is C8H4Cl2FN3. The van der Waals surface area contributed by atoms with Crippen molar-refractivity contribution in [2.45, 2.75) is 6.92 Å². The van der Waals surface area contributed by atoms with E-state index in [2.05, 4.69) is 15.0 Å². The molecule has 14 heavy (non-hydrogen) atoms. The summed E-state index contributed by atoms with van der Waals surface area (Å²) in [5.41, 5.74) is 0.672. The zero-order valence-electron chi connectivity index (χ0n) is 7.05. The Morgan fingerprint density at radius 2 is 2.00 bits per heavy atom. The highest BCUT2D eigenvalue weighted by atomic mass is 35.5. The minimum Gasteiger partial charge on any atom is -0.241 e. The van der Waals surface area contributed by atoms with Gasteiger partial charge in [-0.3, -0.25) is 0 Å². The molecule has 0 aromatic carbocycles. The van der Waals surface area contributed by atoms with Crippen molar-refractivity contribution < 1.29 is 4.39 Å². The Morgan fingerprint density at radius 3 is 2.71 bits per heavy atom. The topological polar surface area (TPSA) is 38.7 Å². The van der Waals surface area contributed by atoms with E-state index in [0.29, 0.717) is 11.1 Å². The molecule has 0 radical (unpaired) electrons. The standard InChI is InChI=1S/C8H4Cl2FN3/c1-3-4-2-12-7(9)5(11)6(4)14-8(10)13-3/h2H,1H3. The van der Waals surface area contributed by atoms with Gasteiger partial charge in [0.25, 0.3) is 0 Å². The van der Waals surface area contributed by atoms with Crippen LogP contribution in [0.1, 0.15) is 5.69 Å². The zero-order valence-corrected chi connectivity index (χ0v) is 8.56. The second kappa shape index (κ2) is 3.29. The van der Waals surface area contributed by atoms with E-state index in [0.717, 1.165) is 0 Å². The molecule has 0 amide bonds. The number of hydrogen-bond acceptors (Lipinski definition) is 3. The van der Waals surface area contributed by atoms with Gasteiger partial charge in [0, 0.05) is 11.6 Å². The van der Waals surface area contributed by atoms with E-state index < -0.39 is 5.82 Å². The van der Waals surface area contributed by atoms with Crippen molar-refractivity contribution in [2.75, 3.05) is 0 Å². The summed E-state index contributed by atoms with van der Waals surface area (Å²) in [6.45, 7) is 1.70. The van der Waals surface area contributed by atoms with Crippen LogP contribution in [0.15, 0.2) is 6.20 Å². The monoisotopic (exact) mass is 231 g/mol. The first-order valence-corrected chi connectivity index (χ1v) is 4.49. The predicted molar refractivity (Wildman–Crippen MR) is 52.0 cm³/mol. The molecule has 2 heterocycles. The Labute approximate surface area is 88.9 Å². The average Bonchev–Trinajstić information content (AvgIpc) is 2.12. The van der Waals surface area contributed by atoms with E-state index in [1.807, 2.05) is 0 Å². The Bertz CT molecular complexity index is 515. The summed E-state index contributed by atoms with van der Waals surface area (Å²) in [4.78, 5) is 11.3. The summed E-state index contributed by atoms with van der Waals surface area (Å²) >= 11 is 11.1. The smallest absolute Gasteiger partial charge is 0.223 e. The Balaban J connectivity index is 2.95. The van der Waals surface area contributed by atoms with Crippen LogP contribution < -0.4 is 0 Å². The third kappa shape index (κ3) is 1.40. The van der Waals surface area contributed by atoms with Crippen molar-refractivity contribution in [3.05, 3.63) is 28.1 Å². The zero-order chi connectivity index (χ0) is 10.3. The first-order chi connectivity index (χ1) is 6.59. The molecule has 0 saturated carbocycles. The number of nitrogens with zero attached hydrogens (tertiary/aromatic N) is 3. The molecule has 2 aromatic rings. The second-order valence-electron chi connectivity index (χ2n) is 2.70. The lowest BCUT2D eigenvalue weighted by Crippen LogP contribution is -1.95. The molecule has 2 rings (SSSR count). The van der Waals surface area contributed by atoms with Gasteiger partial charge in [-0.15, -0.1) is 0 Å². The van der Waals surface area contributed by atoms with Gasteiger partial charge in [0.2, 0.25) is 5.28 Å². The van der Waals surface area contributed by atoms with Crippen LogP contribution in [0.2, 0.25) is 10.4 Å². The maximum atomic E-state index is 13.4. The SMILES string of the molecule is Cc1nc(Cl)nc2c(F)c(Cl)ncc12. The second-order valence-corrected chi connectivity index (χ2v) is 3.40. The van der Waals surface area contributed by atoms with E-state index >= 15 is 0 Å². The Hall–Kier alpha value is -1.00. The summed E-state index contributed by atoms with van der Waals surface area (Å²) in [7, 11) is 0. The van der Waals surface area contributed by atoms with E-state index in [-0.39, 0.29) is 16.0 Å². The maximum Gasteiger partial charge on any atom is 0.223 e. The maximum absolute atomic E-state index is 13.4. The summed E-state index contributed by atoms with van der Waals surface area (Å²) in [5, 5.41) is 0.291. The van der Waals surface area contributed by atoms with Crippen LogP contribution in [0.25, 0.3) is 10.9 Å². The lowest BCUT2D eigenvalue weighted by Gasteiger charge is -2.02. The summed E-state index contributed by atoms with van der Waals surface area (Å²) in [5.74, 6) is -0.670. The predicted octanol–water partition coefficient (Wildman–Crippen LogP) is 2.78. The summed E-state index contributed by atoms with van der Waals surface area (Å²) < 4.78 is 13.4. The molecule has 0 saturated heterocycles. The van der Waals surface area contributed by atoms with Crippen LogP contribution in [0.3, 0.4) is 0 Å². The van der Waals surface area contributed by atoms with Gasteiger partial charge in [0.05, 0.1) is 5.69 Å². The average molecular weight is 232 g/mol. The molecule has 3 nitrogen and oxygen atoms in total. The normalized spacial score (nSPS) is 10.9. The molecule has 72 valence electrons. The molecule has 0 aliphatic carbocycles. The van der Waals surface area contributed by atoms with Crippen LogP contribution in [0, 0.1) is 12.7 Å². The van der Waals surface area contributed by atoms with Crippen molar-refractivity contribution in [1.29, 1.82) is 0 Å². The number of aryl methyl sites for hydroxylation is 1. The molecule has 0 atom stereocenters. The van der Waals surface area contributed by atoms with E-state index in [1.165, 1.54) is 6.20 Å². The minimum absolute atomic E-state index is 0.00355. The van der Waals surface area contributed by atoms with Crippen LogP contribution in [-0.2, 0) is 0 Å². The van der Waals surface area contributed by atoms with Gasteiger partial charge in [-0.25, -0.2) is 19.3 Å². The third-order valence-corrected chi connectivity index (χ3v) is 2.24. The molecule has 0 aliphatic heterocycles. The molecule has 6 heteroatoms. The lowest BCUT2D eigenvalue weighted by molar-refractivity contribution is 0.631.